The number of hydrogen-bond acceptors (Lipinski definition) is 3. The van der Waals surface area contributed by atoms with Gasteiger partial charge < -0.3 is 5.11 Å². The van der Waals surface area contributed by atoms with Crippen LogP contribution in [0.25, 0.3) is 0 Å². The molecule has 0 aliphatic rings. The molecule has 6 nitrogen and oxygen atoms in total. The average Bonchev–Trinajstić information content (AvgIpc) is 2.37. The molecule has 0 aliphatic carbocycles. The molecule has 0 fully saturated rings. The number of rotatable bonds is 7. The second-order valence-electron chi connectivity index (χ2n) is 4.16. The summed E-state index contributed by atoms with van der Waals surface area (Å²) < 4.78 is 27.2. The molecule has 0 spiro atoms. The first kappa shape index (κ1) is 15.6. The summed E-state index contributed by atoms with van der Waals surface area (Å²) in [5.74, 6) is -1.00. The highest BCUT2D eigenvalue weighted by molar-refractivity contribution is 7.87. The standard InChI is InChI=1S/C12H18N2O4S/c1-3-8-13-19(17,18)14(2)9-10-4-6-11(7-5-10)12(15)16/h4-7,13H,3,8-9H2,1-2H3,(H,15,16). The second kappa shape index (κ2) is 6.65. The fourth-order valence-electron chi connectivity index (χ4n) is 1.44. The first-order valence-electron chi connectivity index (χ1n) is 5.90. The van der Waals surface area contributed by atoms with E-state index in [0.717, 1.165) is 12.0 Å². The molecule has 0 aromatic heterocycles. The molecule has 1 rings (SSSR count). The van der Waals surface area contributed by atoms with E-state index in [9.17, 15) is 13.2 Å². The molecule has 0 saturated carbocycles. The SMILES string of the molecule is CCCNS(=O)(=O)N(C)Cc1ccc(C(=O)O)cc1. The van der Waals surface area contributed by atoms with Gasteiger partial charge in [-0.15, -0.1) is 0 Å². The Balaban J connectivity index is 2.71. The molecule has 1 aromatic rings. The highest BCUT2D eigenvalue weighted by Crippen LogP contribution is 2.08. The number of nitrogens with zero attached hydrogens (tertiary/aromatic N) is 1. The van der Waals surface area contributed by atoms with Crippen LogP contribution < -0.4 is 4.72 Å². The van der Waals surface area contributed by atoms with Crippen LogP contribution in [-0.2, 0) is 16.8 Å². The van der Waals surface area contributed by atoms with Gasteiger partial charge in [0.2, 0.25) is 0 Å². The Hall–Kier alpha value is -1.44. The van der Waals surface area contributed by atoms with Gasteiger partial charge in [0.1, 0.15) is 0 Å². The van der Waals surface area contributed by atoms with Crippen molar-refractivity contribution in [2.75, 3.05) is 13.6 Å². The maximum Gasteiger partial charge on any atom is 0.335 e. The predicted octanol–water partition coefficient (Wildman–Crippen LogP) is 1.06. The van der Waals surface area contributed by atoms with Gasteiger partial charge in [-0.05, 0) is 24.1 Å². The Morgan fingerprint density at radius 1 is 1.32 bits per heavy atom. The first-order valence-corrected chi connectivity index (χ1v) is 7.34. The Bertz CT molecular complexity index is 525. The summed E-state index contributed by atoms with van der Waals surface area (Å²) in [4.78, 5) is 10.7. The van der Waals surface area contributed by atoms with E-state index in [1.807, 2.05) is 6.92 Å². The van der Waals surface area contributed by atoms with Crippen molar-refractivity contribution in [3.8, 4) is 0 Å². The van der Waals surface area contributed by atoms with Crippen molar-refractivity contribution < 1.29 is 18.3 Å². The van der Waals surface area contributed by atoms with Crippen molar-refractivity contribution in [2.45, 2.75) is 19.9 Å². The van der Waals surface area contributed by atoms with Gasteiger partial charge in [-0.25, -0.2) is 9.52 Å². The zero-order valence-electron chi connectivity index (χ0n) is 11.0. The summed E-state index contributed by atoms with van der Waals surface area (Å²) in [6.45, 7) is 2.47. The van der Waals surface area contributed by atoms with E-state index >= 15 is 0 Å². The van der Waals surface area contributed by atoms with Crippen LogP contribution in [0.2, 0.25) is 0 Å². The number of nitrogens with one attached hydrogen (secondary N) is 1. The molecule has 19 heavy (non-hydrogen) atoms. The normalized spacial score (nSPS) is 11.7. The minimum Gasteiger partial charge on any atom is -0.478 e. The van der Waals surface area contributed by atoms with Crippen molar-refractivity contribution in [3.05, 3.63) is 35.4 Å². The first-order chi connectivity index (χ1) is 8.86. The third kappa shape index (κ3) is 4.62. The zero-order chi connectivity index (χ0) is 14.5. The Morgan fingerprint density at radius 2 is 1.89 bits per heavy atom. The topological polar surface area (TPSA) is 86.7 Å². The van der Waals surface area contributed by atoms with E-state index in [0.29, 0.717) is 6.54 Å². The van der Waals surface area contributed by atoms with Gasteiger partial charge in [-0.2, -0.15) is 12.7 Å². The third-order valence-electron chi connectivity index (χ3n) is 2.55. The Morgan fingerprint density at radius 3 is 2.37 bits per heavy atom. The molecule has 2 N–H and O–H groups in total. The van der Waals surface area contributed by atoms with E-state index in [2.05, 4.69) is 4.72 Å². The van der Waals surface area contributed by atoms with E-state index in [1.54, 1.807) is 12.1 Å². The van der Waals surface area contributed by atoms with E-state index < -0.39 is 16.2 Å². The lowest BCUT2D eigenvalue weighted by atomic mass is 10.1. The van der Waals surface area contributed by atoms with Crippen molar-refractivity contribution in [3.63, 3.8) is 0 Å². The molecule has 0 amide bonds. The molecule has 0 aliphatic heterocycles. The summed E-state index contributed by atoms with van der Waals surface area (Å²) in [6, 6.07) is 6.12. The summed E-state index contributed by atoms with van der Waals surface area (Å²) in [5.41, 5.74) is 0.910. The molecular weight excluding hydrogens is 268 g/mol. The monoisotopic (exact) mass is 286 g/mol. The molecule has 106 valence electrons. The number of hydrogen-bond donors (Lipinski definition) is 2. The summed E-state index contributed by atoms with van der Waals surface area (Å²) in [7, 11) is -2.00. The molecule has 0 unspecified atom stereocenters. The number of benzene rings is 1. The zero-order valence-corrected chi connectivity index (χ0v) is 11.8. The van der Waals surface area contributed by atoms with Crippen LogP contribution in [0, 0.1) is 0 Å². The molecule has 0 heterocycles. The van der Waals surface area contributed by atoms with Crippen molar-refractivity contribution in [2.24, 2.45) is 0 Å². The molecule has 0 saturated heterocycles. The van der Waals surface area contributed by atoms with Crippen LogP contribution in [0.15, 0.2) is 24.3 Å². The van der Waals surface area contributed by atoms with Gasteiger partial charge in [-0.1, -0.05) is 19.1 Å². The molecule has 1 aromatic carbocycles. The minimum absolute atomic E-state index is 0.179. The number of aromatic carboxylic acids is 1. The van der Waals surface area contributed by atoms with Gasteiger partial charge in [0, 0.05) is 20.1 Å². The maximum atomic E-state index is 11.8. The minimum atomic E-state index is -3.48. The van der Waals surface area contributed by atoms with Crippen molar-refractivity contribution >= 4 is 16.2 Å². The van der Waals surface area contributed by atoms with Gasteiger partial charge in [-0.3, -0.25) is 0 Å². The lowest BCUT2D eigenvalue weighted by Gasteiger charge is -2.17. The van der Waals surface area contributed by atoms with Gasteiger partial charge in [0.25, 0.3) is 10.2 Å². The van der Waals surface area contributed by atoms with Crippen LogP contribution in [0.1, 0.15) is 29.3 Å². The van der Waals surface area contributed by atoms with E-state index in [-0.39, 0.29) is 12.1 Å². The summed E-state index contributed by atoms with van der Waals surface area (Å²) >= 11 is 0. The van der Waals surface area contributed by atoms with E-state index in [4.69, 9.17) is 5.11 Å². The molecule has 0 bridgehead atoms. The number of carboxylic acid groups (broad SMARTS) is 1. The lowest BCUT2D eigenvalue weighted by molar-refractivity contribution is 0.0697. The summed E-state index contributed by atoms with van der Waals surface area (Å²) in [5, 5.41) is 8.77. The quantitative estimate of drug-likeness (QED) is 0.784. The van der Waals surface area contributed by atoms with Crippen LogP contribution in [0.5, 0.6) is 0 Å². The largest absolute Gasteiger partial charge is 0.478 e. The fraction of sp³-hybridized carbons (Fsp3) is 0.417. The maximum absolute atomic E-state index is 11.8. The van der Waals surface area contributed by atoms with Crippen molar-refractivity contribution in [1.29, 1.82) is 0 Å². The number of carboxylic acids is 1. The predicted molar refractivity (Wildman–Crippen MR) is 72.1 cm³/mol. The molecular formula is C12H18N2O4S. The van der Waals surface area contributed by atoms with Gasteiger partial charge in [0.05, 0.1) is 5.56 Å². The second-order valence-corrected chi connectivity index (χ2v) is 6.02. The Kier molecular flexibility index (Phi) is 5.46. The molecule has 7 heteroatoms. The van der Waals surface area contributed by atoms with Gasteiger partial charge in [0.15, 0.2) is 0 Å². The van der Waals surface area contributed by atoms with Crippen LogP contribution in [0.4, 0.5) is 0 Å². The highest BCUT2D eigenvalue weighted by Gasteiger charge is 2.16. The fourth-order valence-corrected chi connectivity index (χ4v) is 2.44. The van der Waals surface area contributed by atoms with E-state index in [1.165, 1.54) is 23.5 Å². The molecule has 0 radical (unpaired) electrons. The van der Waals surface area contributed by atoms with Crippen LogP contribution >= 0.6 is 0 Å². The average molecular weight is 286 g/mol. The third-order valence-corrected chi connectivity index (χ3v) is 4.07. The van der Waals surface area contributed by atoms with Gasteiger partial charge >= 0.3 is 5.97 Å². The van der Waals surface area contributed by atoms with Crippen LogP contribution in [-0.4, -0.2) is 37.4 Å². The van der Waals surface area contributed by atoms with Crippen LogP contribution in [0.3, 0.4) is 0 Å². The summed E-state index contributed by atoms with van der Waals surface area (Å²) in [6.07, 6.45) is 0.723. The Labute approximate surface area is 113 Å². The molecule has 0 atom stereocenters. The van der Waals surface area contributed by atoms with Crippen molar-refractivity contribution in [1.82, 2.24) is 9.03 Å². The number of carbonyl (C=O) groups is 1. The lowest BCUT2D eigenvalue weighted by Crippen LogP contribution is -2.38. The highest BCUT2D eigenvalue weighted by atomic mass is 32.2. The smallest absolute Gasteiger partial charge is 0.335 e.